The Hall–Kier alpha value is -1.95. The molecule has 5 heteroatoms. The van der Waals surface area contributed by atoms with Crippen LogP contribution >= 0.6 is 0 Å². The molecule has 1 aliphatic rings. The van der Waals surface area contributed by atoms with Crippen LogP contribution in [0.4, 0.5) is 0 Å². The summed E-state index contributed by atoms with van der Waals surface area (Å²) in [4.78, 5) is 14.5. The number of hydrogen-bond acceptors (Lipinski definition) is 5. The molecule has 1 aliphatic heterocycles. The van der Waals surface area contributed by atoms with E-state index in [1.165, 1.54) is 0 Å². The van der Waals surface area contributed by atoms with E-state index in [0.717, 1.165) is 37.6 Å². The van der Waals surface area contributed by atoms with E-state index in [2.05, 4.69) is 10.2 Å². The zero-order valence-corrected chi connectivity index (χ0v) is 13.1. The van der Waals surface area contributed by atoms with Gasteiger partial charge in [0.2, 0.25) is 0 Å². The van der Waals surface area contributed by atoms with Crippen LogP contribution in [0.15, 0.2) is 53.1 Å². The number of ether oxygens (including phenoxy) is 1. The highest BCUT2D eigenvalue weighted by molar-refractivity contribution is 5.97. The van der Waals surface area contributed by atoms with Gasteiger partial charge in [0.1, 0.15) is 5.76 Å². The molecule has 1 fully saturated rings. The zero-order valence-electron chi connectivity index (χ0n) is 13.1. The van der Waals surface area contributed by atoms with Gasteiger partial charge in [-0.2, -0.15) is 0 Å². The number of carbonyl (C=O) groups is 1. The number of Topliss-reactive ketones (excluding diaryl/α,β-unsaturated/α-hetero) is 1. The second-order valence-corrected chi connectivity index (χ2v) is 5.60. The second-order valence-electron chi connectivity index (χ2n) is 5.60. The van der Waals surface area contributed by atoms with Gasteiger partial charge in [0.05, 0.1) is 32.1 Å². The first-order valence-electron chi connectivity index (χ1n) is 7.99. The van der Waals surface area contributed by atoms with E-state index in [9.17, 15) is 4.79 Å². The van der Waals surface area contributed by atoms with Crippen LogP contribution in [0.5, 0.6) is 0 Å². The van der Waals surface area contributed by atoms with Crippen molar-refractivity contribution in [1.82, 2.24) is 10.2 Å². The van der Waals surface area contributed by atoms with Crippen LogP contribution in [0.2, 0.25) is 0 Å². The number of morpholine rings is 1. The smallest absolute Gasteiger partial charge is 0.176 e. The van der Waals surface area contributed by atoms with E-state index in [-0.39, 0.29) is 11.8 Å². The van der Waals surface area contributed by atoms with Crippen LogP contribution in [0.1, 0.15) is 22.2 Å². The maximum Gasteiger partial charge on any atom is 0.176 e. The Balaban J connectivity index is 1.57. The fourth-order valence-electron chi connectivity index (χ4n) is 2.83. The van der Waals surface area contributed by atoms with Gasteiger partial charge in [0.15, 0.2) is 5.78 Å². The lowest BCUT2D eigenvalue weighted by atomic mass is 10.1. The minimum absolute atomic E-state index is 0.103. The zero-order chi connectivity index (χ0) is 15.9. The van der Waals surface area contributed by atoms with Crippen molar-refractivity contribution in [2.75, 3.05) is 39.4 Å². The van der Waals surface area contributed by atoms with Crippen LogP contribution in [0.3, 0.4) is 0 Å². The predicted octanol–water partition coefficient (Wildman–Crippen LogP) is 2.13. The fraction of sp³-hybridized carbons (Fsp3) is 0.389. The van der Waals surface area contributed by atoms with Gasteiger partial charge in [0.25, 0.3) is 0 Å². The predicted molar refractivity (Wildman–Crippen MR) is 87.5 cm³/mol. The van der Waals surface area contributed by atoms with Crippen LogP contribution in [-0.4, -0.2) is 50.1 Å². The quantitative estimate of drug-likeness (QED) is 0.794. The summed E-state index contributed by atoms with van der Waals surface area (Å²) in [5, 5.41) is 3.28. The van der Waals surface area contributed by atoms with Crippen molar-refractivity contribution < 1.29 is 13.9 Å². The van der Waals surface area contributed by atoms with E-state index in [4.69, 9.17) is 9.15 Å². The summed E-state index contributed by atoms with van der Waals surface area (Å²) in [6.45, 7) is 4.22. The van der Waals surface area contributed by atoms with Crippen molar-refractivity contribution in [3.05, 3.63) is 60.1 Å². The molecule has 0 bridgehead atoms. The van der Waals surface area contributed by atoms with Crippen molar-refractivity contribution in [3.8, 4) is 0 Å². The number of benzene rings is 1. The normalized spacial score (nSPS) is 17.0. The molecule has 0 aliphatic carbocycles. The van der Waals surface area contributed by atoms with Gasteiger partial charge in [-0.1, -0.05) is 30.3 Å². The first-order valence-corrected chi connectivity index (χ1v) is 7.99. The average molecular weight is 314 g/mol. The molecule has 2 heterocycles. The van der Waals surface area contributed by atoms with Gasteiger partial charge in [-0.15, -0.1) is 0 Å². The molecule has 0 spiro atoms. The molecule has 0 amide bonds. The van der Waals surface area contributed by atoms with Gasteiger partial charge in [-0.25, -0.2) is 0 Å². The molecule has 1 aromatic carbocycles. The maximum atomic E-state index is 12.2. The van der Waals surface area contributed by atoms with Crippen LogP contribution in [-0.2, 0) is 4.74 Å². The minimum Gasteiger partial charge on any atom is -0.468 e. The van der Waals surface area contributed by atoms with Gasteiger partial charge >= 0.3 is 0 Å². The van der Waals surface area contributed by atoms with Crippen LogP contribution in [0.25, 0.3) is 0 Å². The first-order chi connectivity index (χ1) is 11.3. The van der Waals surface area contributed by atoms with Crippen LogP contribution in [0, 0.1) is 0 Å². The number of hydrogen-bond donors (Lipinski definition) is 1. The molecule has 1 atom stereocenters. The standard InChI is InChI=1S/C18H22N2O3/c21-17(15-5-2-1-3-6-15)14-19-13-16(18-7-4-10-23-18)20-8-11-22-12-9-20/h1-7,10,16,19H,8-9,11-14H2. The SMILES string of the molecule is O=C(CNCC(c1ccco1)N1CCOCC1)c1ccccc1. The molecular weight excluding hydrogens is 292 g/mol. The number of nitrogens with one attached hydrogen (secondary N) is 1. The Bertz CT molecular complexity index is 592. The molecule has 0 saturated carbocycles. The van der Waals surface area contributed by atoms with Crippen LogP contribution < -0.4 is 5.32 Å². The van der Waals surface area contributed by atoms with E-state index >= 15 is 0 Å². The Kier molecular flexibility index (Phi) is 5.58. The van der Waals surface area contributed by atoms with E-state index in [1.54, 1.807) is 6.26 Å². The second kappa shape index (κ2) is 8.06. The Morgan fingerprint density at radius 2 is 1.91 bits per heavy atom. The lowest BCUT2D eigenvalue weighted by molar-refractivity contribution is 0.0118. The van der Waals surface area contributed by atoms with Crippen molar-refractivity contribution in [3.63, 3.8) is 0 Å². The number of carbonyl (C=O) groups excluding carboxylic acids is 1. The summed E-state index contributed by atoms with van der Waals surface area (Å²) in [5.41, 5.74) is 0.737. The van der Waals surface area contributed by atoms with Gasteiger partial charge < -0.3 is 14.5 Å². The molecule has 5 nitrogen and oxygen atoms in total. The van der Waals surface area contributed by atoms with E-state index in [1.807, 2.05) is 42.5 Å². The van der Waals surface area contributed by atoms with E-state index < -0.39 is 0 Å². The number of furan rings is 1. The summed E-state index contributed by atoms with van der Waals surface area (Å²) in [5.74, 6) is 1.03. The van der Waals surface area contributed by atoms with Crippen molar-refractivity contribution >= 4 is 5.78 Å². The molecule has 1 aromatic heterocycles. The van der Waals surface area contributed by atoms with Crippen molar-refractivity contribution in [2.24, 2.45) is 0 Å². The highest BCUT2D eigenvalue weighted by Gasteiger charge is 2.24. The Morgan fingerprint density at radius 3 is 2.61 bits per heavy atom. The minimum atomic E-state index is 0.103. The highest BCUT2D eigenvalue weighted by Crippen LogP contribution is 2.21. The van der Waals surface area contributed by atoms with Gasteiger partial charge in [-0.05, 0) is 12.1 Å². The molecule has 2 aromatic rings. The van der Waals surface area contributed by atoms with E-state index in [0.29, 0.717) is 13.1 Å². The molecule has 23 heavy (non-hydrogen) atoms. The van der Waals surface area contributed by atoms with Crippen molar-refractivity contribution in [2.45, 2.75) is 6.04 Å². The van der Waals surface area contributed by atoms with Crippen molar-refractivity contribution in [1.29, 1.82) is 0 Å². The summed E-state index contributed by atoms with van der Waals surface area (Å²) in [6, 6.07) is 13.4. The maximum absolute atomic E-state index is 12.2. The lowest BCUT2D eigenvalue weighted by Gasteiger charge is -2.33. The summed E-state index contributed by atoms with van der Waals surface area (Å²) < 4.78 is 11.0. The summed E-state index contributed by atoms with van der Waals surface area (Å²) >= 11 is 0. The third-order valence-corrected chi connectivity index (χ3v) is 4.08. The molecule has 122 valence electrons. The topological polar surface area (TPSA) is 54.7 Å². The molecule has 3 rings (SSSR count). The molecular formula is C18H22N2O3. The Morgan fingerprint density at radius 1 is 1.13 bits per heavy atom. The number of ketones is 1. The lowest BCUT2D eigenvalue weighted by Crippen LogP contribution is -2.43. The molecule has 1 saturated heterocycles. The summed E-state index contributed by atoms with van der Waals surface area (Å²) in [7, 11) is 0. The number of rotatable bonds is 7. The fourth-order valence-corrected chi connectivity index (χ4v) is 2.83. The third kappa shape index (κ3) is 4.28. The largest absolute Gasteiger partial charge is 0.468 e. The van der Waals surface area contributed by atoms with Gasteiger partial charge in [-0.3, -0.25) is 9.69 Å². The molecule has 1 N–H and O–H groups in total. The first kappa shape index (κ1) is 15.9. The Labute approximate surface area is 136 Å². The molecule has 0 radical (unpaired) electrons. The third-order valence-electron chi connectivity index (χ3n) is 4.08. The van der Waals surface area contributed by atoms with Gasteiger partial charge in [0, 0.05) is 25.2 Å². The molecule has 1 unspecified atom stereocenters. The number of nitrogens with zero attached hydrogens (tertiary/aromatic N) is 1. The summed E-state index contributed by atoms with van der Waals surface area (Å²) in [6.07, 6.45) is 1.69. The average Bonchev–Trinajstić information content (AvgIpc) is 3.14. The highest BCUT2D eigenvalue weighted by atomic mass is 16.5. The monoisotopic (exact) mass is 314 g/mol.